The monoisotopic (exact) mass is 345 g/mol. The van der Waals surface area contributed by atoms with Gasteiger partial charge in [-0.25, -0.2) is 4.98 Å². The minimum absolute atomic E-state index is 0.0410. The van der Waals surface area contributed by atoms with Gasteiger partial charge in [0.25, 0.3) is 0 Å². The summed E-state index contributed by atoms with van der Waals surface area (Å²) < 4.78 is 1.19. The van der Waals surface area contributed by atoms with Gasteiger partial charge in [0.1, 0.15) is 5.65 Å². The molecule has 2 atom stereocenters. The van der Waals surface area contributed by atoms with E-state index in [2.05, 4.69) is 29.0 Å². The Kier molecular flexibility index (Phi) is 4.98. The summed E-state index contributed by atoms with van der Waals surface area (Å²) in [6, 6.07) is 5.05. The summed E-state index contributed by atoms with van der Waals surface area (Å²) in [6.45, 7) is 7.82. The number of fused-ring (bicyclic) bond motifs is 1. The SMILES string of the molecule is CC1CC(C)CN(CCNc2nc3ccccn3c(=O)c2[N+](=O)[O-])C1. The van der Waals surface area contributed by atoms with Crippen LogP contribution in [0.15, 0.2) is 29.2 Å². The van der Waals surface area contributed by atoms with Crippen LogP contribution in [0.3, 0.4) is 0 Å². The molecule has 1 aliphatic rings. The molecule has 0 bridgehead atoms. The third-order valence-corrected chi connectivity index (χ3v) is 4.56. The first-order valence-corrected chi connectivity index (χ1v) is 8.57. The number of piperidine rings is 1. The van der Waals surface area contributed by atoms with Crippen LogP contribution in [0.1, 0.15) is 20.3 Å². The van der Waals surface area contributed by atoms with E-state index in [9.17, 15) is 14.9 Å². The summed E-state index contributed by atoms with van der Waals surface area (Å²) in [5.74, 6) is 1.35. The first-order valence-electron chi connectivity index (χ1n) is 8.57. The van der Waals surface area contributed by atoms with Crippen molar-refractivity contribution in [3.63, 3.8) is 0 Å². The molecule has 25 heavy (non-hydrogen) atoms. The van der Waals surface area contributed by atoms with Gasteiger partial charge in [0.2, 0.25) is 5.82 Å². The van der Waals surface area contributed by atoms with Crippen LogP contribution in [0.5, 0.6) is 0 Å². The lowest BCUT2D eigenvalue weighted by molar-refractivity contribution is -0.385. The second kappa shape index (κ2) is 7.18. The van der Waals surface area contributed by atoms with Gasteiger partial charge in [-0.2, -0.15) is 0 Å². The van der Waals surface area contributed by atoms with Crippen LogP contribution in [0, 0.1) is 22.0 Å². The van der Waals surface area contributed by atoms with Crippen molar-refractivity contribution in [2.75, 3.05) is 31.5 Å². The maximum Gasteiger partial charge on any atom is 0.376 e. The summed E-state index contributed by atoms with van der Waals surface area (Å²) in [5.41, 5.74) is -0.789. The number of nitrogens with one attached hydrogen (secondary N) is 1. The largest absolute Gasteiger partial charge is 0.376 e. The molecule has 2 unspecified atom stereocenters. The van der Waals surface area contributed by atoms with Crippen molar-refractivity contribution in [3.8, 4) is 0 Å². The second-order valence-electron chi connectivity index (χ2n) is 6.93. The van der Waals surface area contributed by atoms with E-state index < -0.39 is 16.2 Å². The Balaban J connectivity index is 1.78. The molecule has 1 N–H and O–H groups in total. The predicted octanol–water partition coefficient (Wildman–Crippen LogP) is 1.99. The molecule has 0 saturated carbocycles. The van der Waals surface area contributed by atoms with Crippen molar-refractivity contribution in [1.29, 1.82) is 0 Å². The molecular formula is C17H23N5O3. The van der Waals surface area contributed by atoms with Crippen LogP contribution in [0.25, 0.3) is 5.65 Å². The molecule has 1 saturated heterocycles. The quantitative estimate of drug-likeness (QED) is 0.658. The molecule has 2 aromatic heterocycles. The lowest BCUT2D eigenvalue weighted by atomic mass is 9.92. The van der Waals surface area contributed by atoms with E-state index in [0.29, 0.717) is 24.0 Å². The van der Waals surface area contributed by atoms with E-state index in [1.165, 1.54) is 17.0 Å². The molecular weight excluding hydrogens is 322 g/mol. The molecule has 0 spiro atoms. The van der Waals surface area contributed by atoms with E-state index in [1.807, 2.05) is 0 Å². The molecule has 2 aromatic rings. The number of anilines is 1. The zero-order valence-electron chi connectivity index (χ0n) is 14.5. The van der Waals surface area contributed by atoms with E-state index in [-0.39, 0.29) is 5.82 Å². The van der Waals surface area contributed by atoms with Crippen LogP contribution in [0.4, 0.5) is 11.5 Å². The summed E-state index contributed by atoms with van der Waals surface area (Å²) in [7, 11) is 0. The summed E-state index contributed by atoms with van der Waals surface area (Å²) >= 11 is 0. The Morgan fingerprint density at radius 2 is 2.04 bits per heavy atom. The Morgan fingerprint density at radius 3 is 2.72 bits per heavy atom. The zero-order chi connectivity index (χ0) is 18.0. The molecule has 1 fully saturated rings. The van der Waals surface area contributed by atoms with Gasteiger partial charge in [-0.1, -0.05) is 19.9 Å². The first-order chi connectivity index (χ1) is 12.0. The van der Waals surface area contributed by atoms with Crippen LogP contribution >= 0.6 is 0 Å². The van der Waals surface area contributed by atoms with Crippen LogP contribution in [-0.2, 0) is 0 Å². The molecule has 0 radical (unpaired) electrons. The number of hydrogen-bond acceptors (Lipinski definition) is 6. The minimum atomic E-state index is -0.668. The van der Waals surface area contributed by atoms with Crippen molar-refractivity contribution >= 4 is 17.2 Å². The summed E-state index contributed by atoms with van der Waals surface area (Å²) in [5, 5.41) is 14.3. The van der Waals surface area contributed by atoms with Crippen LogP contribution in [-0.4, -0.2) is 45.4 Å². The summed E-state index contributed by atoms with van der Waals surface area (Å²) in [4.78, 5) is 29.7. The highest BCUT2D eigenvalue weighted by atomic mass is 16.6. The van der Waals surface area contributed by atoms with Gasteiger partial charge >= 0.3 is 11.2 Å². The lowest BCUT2D eigenvalue weighted by Gasteiger charge is -2.34. The number of nitrogens with zero attached hydrogens (tertiary/aromatic N) is 4. The fraction of sp³-hybridized carbons (Fsp3) is 0.529. The van der Waals surface area contributed by atoms with Gasteiger partial charge in [0.15, 0.2) is 0 Å². The predicted molar refractivity (Wildman–Crippen MR) is 96.0 cm³/mol. The van der Waals surface area contributed by atoms with Gasteiger partial charge in [0.05, 0.1) is 4.92 Å². The van der Waals surface area contributed by atoms with E-state index in [0.717, 1.165) is 19.6 Å². The molecule has 8 nitrogen and oxygen atoms in total. The van der Waals surface area contributed by atoms with Gasteiger partial charge in [-0.05, 0) is 30.4 Å². The number of pyridine rings is 1. The zero-order valence-corrected chi connectivity index (χ0v) is 14.5. The third-order valence-electron chi connectivity index (χ3n) is 4.56. The maximum absolute atomic E-state index is 12.4. The fourth-order valence-corrected chi connectivity index (χ4v) is 3.67. The molecule has 134 valence electrons. The topological polar surface area (TPSA) is 92.8 Å². The number of likely N-dealkylation sites (tertiary alicyclic amines) is 1. The fourth-order valence-electron chi connectivity index (χ4n) is 3.67. The Hall–Kier alpha value is -2.48. The highest BCUT2D eigenvalue weighted by molar-refractivity contribution is 5.59. The normalized spacial score (nSPS) is 21.4. The Labute approximate surface area is 145 Å². The Bertz CT molecular complexity index is 825. The van der Waals surface area contributed by atoms with Crippen molar-refractivity contribution in [1.82, 2.24) is 14.3 Å². The maximum atomic E-state index is 12.4. The molecule has 1 aliphatic heterocycles. The number of hydrogen-bond donors (Lipinski definition) is 1. The number of nitro groups is 1. The second-order valence-corrected chi connectivity index (χ2v) is 6.93. The molecule has 3 rings (SSSR count). The van der Waals surface area contributed by atoms with Crippen LogP contribution in [0.2, 0.25) is 0 Å². The standard InChI is InChI=1S/C17H23N5O3/c1-12-9-13(2)11-20(10-12)8-6-18-16-15(22(24)25)17(23)21-7-4-3-5-14(21)19-16/h3-5,7,12-13,18H,6,8-11H2,1-2H3. The van der Waals surface area contributed by atoms with Gasteiger partial charge < -0.3 is 10.2 Å². The van der Waals surface area contributed by atoms with Gasteiger partial charge in [-0.15, -0.1) is 0 Å². The first kappa shape index (κ1) is 17.3. The molecule has 0 amide bonds. The van der Waals surface area contributed by atoms with E-state index >= 15 is 0 Å². The van der Waals surface area contributed by atoms with Crippen molar-refractivity contribution in [2.24, 2.45) is 11.8 Å². The molecule has 8 heteroatoms. The number of rotatable bonds is 5. The minimum Gasteiger partial charge on any atom is -0.363 e. The van der Waals surface area contributed by atoms with Crippen LogP contribution < -0.4 is 10.9 Å². The van der Waals surface area contributed by atoms with Crippen molar-refractivity contribution in [3.05, 3.63) is 44.9 Å². The molecule has 3 heterocycles. The average molecular weight is 345 g/mol. The van der Waals surface area contributed by atoms with Crippen molar-refractivity contribution < 1.29 is 4.92 Å². The van der Waals surface area contributed by atoms with Crippen molar-refractivity contribution in [2.45, 2.75) is 20.3 Å². The Morgan fingerprint density at radius 1 is 1.32 bits per heavy atom. The van der Waals surface area contributed by atoms with E-state index in [1.54, 1.807) is 18.2 Å². The highest BCUT2D eigenvalue weighted by Crippen LogP contribution is 2.21. The molecule has 0 aliphatic carbocycles. The highest BCUT2D eigenvalue weighted by Gasteiger charge is 2.24. The van der Waals surface area contributed by atoms with Gasteiger partial charge in [0, 0.05) is 32.4 Å². The summed E-state index contributed by atoms with van der Waals surface area (Å²) in [6.07, 6.45) is 2.72. The van der Waals surface area contributed by atoms with E-state index in [4.69, 9.17) is 0 Å². The molecule has 0 aromatic carbocycles. The lowest BCUT2D eigenvalue weighted by Crippen LogP contribution is -2.41. The number of aromatic nitrogens is 2. The van der Waals surface area contributed by atoms with Gasteiger partial charge in [-0.3, -0.25) is 19.3 Å². The smallest absolute Gasteiger partial charge is 0.363 e. The third kappa shape index (κ3) is 3.79. The average Bonchev–Trinajstić information content (AvgIpc) is 2.53.